The number of nitrogens with one attached hydrogen (secondary N) is 1. The maximum absolute atomic E-state index is 3.44. The number of hydrogen-bond acceptors (Lipinski definition) is 1. The van der Waals surface area contributed by atoms with Crippen molar-refractivity contribution >= 4 is 5.52 Å². The molecule has 1 N–H and O–H groups in total. The molecule has 0 bridgehead atoms. The van der Waals surface area contributed by atoms with Crippen molar-refractivity contribution < 1.29 is 0 Å². The smallest absolute Gasteiger partial charge is 0.0482 e. The van der Waals surface area contributed by atoms with Crippen LogP contribution >= 0.6 is 0 Å². The van der Waals surface area contributed by atoms with Gasteiger partial charge in [0.2, 0.25) is 0 Å². The molecule has 2 heteroatoms. The molecule has 2 heterocycles. The second-order valence-electron chi connectivity index (χ2n) is 4.00. The van der Waals surface area contributed by atoms with Crippen molar-refractivity contribution in [2.75, 3.05) is 6.54 Å². The number of fused-ring (bicyclic) bond motifs is 1. The summed E-state index contributed by atoms with van der Waals surface area (Å²) in [4.78, 5) is 0. The third kappa shape index (κ3) is 2.21. The molecule has 0 radical (unpaired) electrons. The van der Waals surface area contributed by atoms with Gasteiger partial charge in [-0.2, -0.15) is 0 Å². The standard InChI is InChI=1S/C13H18N2/c1-3-14-11(2)10-12-6-4-8-15-9-5-7-13(12)15/h4-9,11,14H,3,10H2,1-2H3. The molecule has 0 spiro atoms. The first-order chi connectivity index (χ1) is 7.31. The molecule has 0 aliphatic heterocycles. The van der Waals surface area contributed by atoms with Crippen LogP contribution in [0.25, 0.3) is 5.52 Å². The lowest BCUT2D eigenvalue weighted by Crippen LogP contribution is -2.27. The van der Waals surface area contributed by atoms with Gasteiger partial charge in [-0.05, 0) is 43.7 Å². The van der Waals surface area contributed by atoms with Gasteiger partial charge in [0, 0.05) is 24.0 Å². The van der Waals surface area contributed by atoms with E-state index in [9.17, 15) is 0 Å². The second kappa shape index (κ2) is 4.49. The van der Waals surface area contributed by atoms with Crippen LogP contribution in [0.2, 0.25) is 0 Å². The zero-order chi connectivity index (χ0) is 10.7. The van der Waals surface area contributed by atoms with Gasteiger partial charge < -0.3 is 9.72 Å². The lowest BCUT2D eigenvalue weighted by Gasteiger charge is -2.13. The third-order valence-electron chi connectivity index (χ3n) is 2.73. The first kappa shape index (κ1) is 10.2. The average molecular weight is 202 g/mol. The Hall–Kier alpha value is -1.28. The number of rotatable bonds is 4. The number of pyridine rings is 1. The highest BCUT2D eigenvalue weighted by Gasteiger charge is 2.05. The van der Waals surface area contributed by atoms with E-state index in [1.165, 1.54) is 11.1 Å². The summed E-state index contributed by atoms with van der Waals surface area (Å²) in [6.45, 7) is 5.41. The zero-order valence-electron chi connectivity index (χ0n) is 9.40. The van der Waals surface area contributed by atoms with Crippen LogP contribution in [0, 0.1) is 0 Å². The Morgan fingerprint density at radius 2 is 2.00 bits per heavy atom. The Bertz CT molecular complexity index is 431. The van der Waals surface area contributed by atoms with Gasteiger partial charge in [0.25, 0.3) is 0 Å². The minimum Gasteiger partial charge on any atom is -0.324 e. The van der Waals surface area contributed by atoms with Gasteiger partial charge in [0.15, 0.2) is 0 Å². The Morgan fingerprint density at radius 1 is 1.27 bits per heavy atom. The predicted molar refractivity (Wildman–Crippen MR) is 64.2 cm³/mol. The Balaban J connectivity index is 2.23. The maximum atomic E-state index is 3.44. The summed E-state index contributed by atoms with van der Waals surface area (Å²) < 4.78 is 2.17. The highest BCUT2D eigenvalue weighted by Crippen LogP contribution is 2.13. The lowest BCUT2D eigenvalue weighted by atomic mass is 10.1. The maximum Gasteiger partial charge on any atom is 0.0482 e. The van der Waals surface area contributed by atoms with E-state index in [1.807, 2.05) is 0 Å². The van der Waals surface area contributed by atoms with Crippen LogP contribution in [0.4, 0.5) is 0 Å². The van der Waals surface area contributed by atoms with E-state index in [0.29, 0.717) is 6.04 Å². The second-order valence-corrected chi connectivity index (χ2v) is 4.00. The molecule has 2 aromatic rings. The van der Waals surface area contributed by atoms with Crippen LogP contribution < -0.4 is 5.32 Å². The van der Waals surface area contributed by atoms with Crippen LogP contribution in [-0.4, -0.2) is 17.0 Å². The Morgan fingerprint density at radius 3 is 2.73 bits per heavy atom. The summed E-state index contributed by atoms with van der Waals surface area (Å²) in [7, 11) is 0. The van der Waals surface area contributed by atoms with Crippen molar-refractivity contribution in [3.05, 3.63) is 42.2 Å². The summed E-state index contributed by atoms with van der Waals surface area (Å²) in [5, 5.41) is 3.44. The van der Waals surface area contributed by atoms with Crippen LogP contribution in [0.1, 0.15) is 19.4 Å². The highest BCUT2D eigenvalue weighted by atomic mass is 14.9. The fourth-order valence-electron chi connectivity index (χ4n) is 2.06. The van der Waals surface area contributed by atoms with Crippen LogP contribution in [0.5, 0.6) is 0 Å². The molecule has 0 aliphatic rings. The number of likely N-dealkylation sites (N-methyl/N-ethyl adjacent to an activating group) is 1. The molecule has 0 saturated carbocycles. The summed E-state index contributed by atoms with van der Waals surface area (Å²) >= 11 is 0. The van der Waals surface area contributed by atoms with Gasteiger partial charge >= 0.3 is 0 Å². The summed E-state index contributed by atoms with van der Waals surface area (Å²) in [5.74, 6) is 0. The molecule has 0 aliphatic carbocycles. The molecule has 0 fully saturated rings. The van der Waals surface area contributed by atoms with Gasteiger partial charge in [-0.15, -0.1) is 0 Å². The molecule has 0 saturated heterocycles. The fourth-order valence-corrected chi connectivity index (χ4v) is 2.06. The molecular weight excluding hydrogens is 184 g/mol. The molecule has 80 valence electrons. The van der Waals surface area contributed by atoms with Gasteiger partial charge in [-0.3, -0.25) is 0 Å². The molecule has 2 nitrogen and oxygen atoms in total. The quantitative estimate of drug-likeness (QED) is 0.805. The average Bonchev–Trinajstić information content (AvgIpc) is 2.67. The van der Waals surface area contributed by atoms with Crippen molar-refractivity contribution in [1.29, 1.82) is 0 Å². The molecule has 0 amide bonds. The predicted octanol–water partition coefficient (Wildman–Crippen LogP) is 2.48. The highest BCUT2D eigenvalue weighted by molar-refractivity contribution is 5.55. The van der Waals surface area contributed by atoms with Crippen molar-refractivity contribution in [3.63, 3.8) is 0 Å². The first-order valence-electron chi connectivity index (χ1n) is 5.59. The number of hydrogen-bond donors (Lipinski definition) is 1. The molecule has 15 heavy (non-hydrogen) atoms. The molecule has 1 atom stereocenters. The van der Waals surface area contributed by atoms with Gasteiger partial charge in [-0.25, -0.2) is 0 Å². The largest absolute Gasteiger partial charge is 0.324 e. The SMILES string of the molecule is CCNC(C)Cc1cccn2cccc12. The monoisotopic (exact) mass is 202 g/mol. The van der Waals surface area contributed by atoms with Gasteiger partial charge in [0.1, 0.15) is 0 Å². The topological polar surface area (TPSA) is 16.4 Å². The van der Waals surface area contributed by atoms with Crippen molar-refractivity contribution in [3.8, 4) is 0 Å². The Kier molecular flexibility index (Phi) is 3.07. The summed E-state index contributed by atoms with van der Waals surface area (Å²) in [6.07, 6.45) is 5.27. The molecule has 1 unspecified atom stereocenters. The fraction of sp³-hybridized carbons (Fsp3) is 0.385. The number of nitrogens with zero attached hydrogens (tertiary/aromatic N) is 1. The zero-order valence-corrected chi connectivity index (χ0v) is 9.40. The van der Waals surface area contributed by atoms with Gasteiger partial charge in [0.05, 0.1) is 0 Å². The summed E-state index contributed by atoms with van der Waals surface area (Å²) in [6, 6.07) is 9.13. The molecular formula is C13H18N2. The van der Waals surface area contributed by atoms with E-state index < -0.39 is 0 Å². The van der Waals surface area contributed by atoms with E-state index in [4.69, 9.17) is 0 Å². The van der Waals surface area contributed by atoms with E-state index in [1.54, 1.807) is 0 Å². The van der Waals surface area contributed by atoms with E-state index in [-0.39, 0.29) is 0 Å². The minimum atomic E-state index is 0.538. The molecule has 2 rings (SSSR count). The van der Waals surface area contributed by atoms with Crippen molar-refractivity contribution in [1.82, 2.24) is 9.72 Å². The normalized spacial score (nSPS) is 13.2. The van der Waals surface area contributed by atoms with E-state index in [2.05, 4.69) is 60.2 Å². The lowest BCUT2D eigenvalue weighted by molar-refractivity contribution is 0.566. The van der Waals surface area contributed by atoms with Crippen molar-refractivity contribution in [2.24, 2.45) is 0 Å². The van der Waals surface area contributed by atoms with Gasteiger partial charge in [-0.1, -0.05) is 13.0 Å². The van der Waals surface area contributed by atoms with Crippen LogP contribution in [0.15, 0.2) is 36.7 Å². The van der Waals surface area contributed by atoms with Crippen LogP contribution in [-0.2, 0) is 6.42 Å². The molecule has 0 aromatic carbocycles. The Labute approximate surface area is 90.9 Å². The number of aromatic nitrogens is 1. The summed E-state index contributed by atoms with van der Waals surface area (Å²) in [5.41, 5.74) is 2.73. The molecule has 2 aromatic heterocycles. The van der Waals surface area contributed by atoms with E-state index in [0.717, 1.165) is 13.0 Å². The van der Waals surface area contributed by atoms with E-state index >= 15 is 0 Å². The van der Waals surface area contributed by atoms with Crippen LogP contribution in [0.3, 0.4) is 0 Å². The third-order valence-corrected chi connectivity index (χ3v) is 2.73. The first-order valence-corrected chi connectivity index (χ1v) is 5.59. The minimum absolute atomic E-state index is 0.538. The van der Waals surface area contributed by atoms with Crippen molar-refractivity contribution in [2.45, 2.75) is 26.3 Å².